The summed E-state index contributed by atoms with van der Waals surface area (Å²) in [6, 6.07) is 17.5. The molecule has 0 amide bonds. The monoisotopic (exact) mass is 607 g/mol. The smallest absolute Gasteiger partial charge is 0.337 e. The van der Waals surface area contributed by atoms with E-state index >= 15 is 0 Å². The number of methoxy groups -OCH3 is 1. The zero-order valence-corrected chi connectivity index (χ0v) is 25.3. The van der Waals surface area contributed by atoms with Crippen LogP contribution in [0.4, 0.5) is 4.39 Å². The Morgan fingerprint density at radius 1 is 1.09 bits per heavy atom. The van der Waals surface area contributed by atoms with E-state index in [2.05, 4.69) is 25.9 Å². The van der Waals surface area contributed by atoms with Crippen LogP contribution in [0, 0.1) is 17.1 Å². The van der Waals surface area contributed by atoms with Crippen molar-refractivity contribution in [2.45, 2.75) is 51.9 Å². The lowest BCUT2D eigenvalue weighted by molar-refractivity contribution is 0.0601. The Morgan fingerprint density at radius 2 is 1.93 bits per heavy atom. The van der Waals surface area contributed by atoms with Crippen LogP contribution in [0.1, 0.15) is 64.4 Å². The van der Waals surface area contributed by atoms with E-state index < -0.39 is 5.82 Å². The Labute approximate surface area is 260 Å². The summed E-state index contributed by atoms with van der Waals surface area (Å²) in [6.45, 7) is 5.93. The Balaban J connectivity index is 1.14. The van der Waals surface area contributed by atoms with E-state index in [-0.39, 0.29) is 24.1 Å². The lowest BCUT2D eigenvalue weighted by Gasteiger charge is -2.31. The van der Waals surface area contributed by atoms with Gasteiger partial charge >= 0.3 is 5.97 Å². The van der Waals surface area contributed by atoms with Gasteiger partial charge in [-0.15, -0.1) is 0 Å². The SMILES string of the molecule is CCn1cncc1Cn1c(CN2CCC(c3cccc(OCc4ccc(C#N)cc4F)n3)CC2)nc2ccc(C(=O)OC)cc21. The first-order valence-electron chi connectivity index (χ1n) is 15.0. The van der Waals surface area contributed by atoms with Crippen LogP contribution in [-0.4, -0.2) is 55.2 Å². The molecule has 0 bridgehead atoms. The lowest BCUT2D eigenvalue weighted by atomic mass is 9.93. The fourth-order valence-electron chi connectivity index (χ4n) is 5.85. The summed E-state index contributed by atoms with van der Waals surface area (Å²) in [5, 5.41) is 8.96. The molecule has 4 heterocycles. The minimum Gasteiger partial charge on any atom is -0.473 e. The molecular weight excluding hydrogens is 573 g/mol. The van der Waals surface area contributed by atoms with Gasteiger partial charge < -0.3 is 18.6 Å². The summed E-state index contributed by atoms with van der Waals surface area (Å²) in [5.74, 6) is 0.807. The van der Waals surface area contributed by atoms with Crippen molar-refractivity contribution in [3.63, 3.8) is 0 Å². The Hall–Kier alpha value is -5.08. The molecule has 45 heavy (non-hydrogen) atoms. The number of benzene rings is 2. The molecule has 10 nitrogen and oxygen atoms in total. The number of fused-ring (bicyclic) bond motifs is 1. The van der Waals surface area contributed by atoms with Crippen molar-refractivity contribution in [2.24, 2.45) is 0 Å². The third-order valence-electron chi connectivity index (χ3n) is 8.38. The van der Waals surface area contributed by atoms with Gasteiger partial charge in [0, 0.05) is 36.0 Å². The fourth-order valence-corrected chi connectivity index (χ4v) is 5.85. The molecule has 2 aromatic carbocycles. The zero-order valence-electron chi connectivity index (χ0n) is 25.3. The van der Waals surface area contributed by atoms with Gasteiger partial charge in [0.2, 0.25) is 5.88 Å². The third kappa shape index (κ3) is 6.56. The second-order valence-corrected chi connectivity index (χ2v) is 11.1. The van der Waals surface area contributed by atoms with Gasteiger partial charge in [0.05, 0.1) is 60.5 Å². The van der Waals surface area contributed by atoms with Crippen molar-refractivity contribution in [3.05, 3.63) is 107 Å². The highest BCUT2D eigenvalue weighted by Crippen LogP contribution is 2.30. The number of piperidine rings is 1. The van der Waals surface area contributed by atoms with E-state index in [0.717, 1.165) is 60.7 Å². The van der Waals surface area contributed by atoms with E-state index in [9.17, 15) is 9.18 Å². The molecule has 0 spiro atoms. The average Bonchev–Trinajstić information content (AvgIpc) is 3.67. The van der Waals surface area contributed by atoms with E-state index in [1.54, 1.807) is 24.3 Å². The van der Waals surface area contributed by atoms with Gasteiger partial charge in [0.1, 0.15) is 18.2 Å². The highest BCUT2D eigenvalue weighted by atomic mass is 19.1. The number of rotatable bonds is 10. The van der Waals surface area contributed by atoms with Crippen LogP contribution in [0.25, 0.3) is 11.0 Å². The van der Waals surface area contributed by atoms with Gasteiger partial charge in [-0.25, -0.2) is 24.1 Å². The minimum absolute atomic E-state index is 0.0353. The molecule has 6 rings (SSSR count). The highest BCUT2D eigenvalue weighted by Gasteiger charge is 2.24. The molecule has 0 N–H and O–H groups in total. The van der Waals surface area contributed by atoms with E-state index in [4.69, 9.17) is 24.7 Å². The minimum atomic E-state index is -0.467. The van der Waals surface area contributed by atoms with Crippen molar-refractivity contribution in [1.29, 1.82) is 5.26 Å². The van der Waals surface area contributed by atoms with Crippen molar-refractivity contribution in [3.8, 4) is 11.9 Å². The maximum Gasteiger partial charge on any atom is 0.337 e. The van der Waals surface area contributed by atoms with Crippen LogP contribution in [0.2, 0.25) is 0 Å². The molecule has 0 radical (unpaired) electrons. The number of halogens is 1. The van der Waals surface area contributed by atoms with Crippen LogP contribution < -0.4 is 4.74 Å². The van der Waals surface area contributed by atoms with Gasteiger partial charge in [-0.05, 0) is 69.3 Å². The van der Waals surface area contributed by atoms with E-state index in [1.807, 2.05) is 42.9 Å². The number of likely N-dealkylation sites (tertiary alicyclic amines) is 1. The van der Waals surface area contributed by atoms with Gasteiger partial charge in [-0.3, -0.25) is 4.90 Å². The first-order chi connectivity index (χ1) is 21.9. The molecule has 1 aliphatic rings. The molecule has 0 atom stereocenters. The number of ether oxygens (including phenoxy) is 2. The van der Waals surface area contributed by atoms with Gasteiger partial charge in [0.25, 0.3) is 0 Å². The summed E-state index contributed by atoms with van der Waals surface area (Å²) in [5.41, 5.74) is 4.88. The average molecular weight is 608 g/mol. The predicted octanol–water partition coefficient (Wildman–Crippen LogP) is 5.45. The number of pyridine rings is 1. The molecule has 0 unspecified atom stereocenters. The van der Waals surface area contributed by atoms with Crippen molar-refractivity contribution in [1.82, 2.24) is 29.0 Å². The number of aryl methyl sites for hydroxylation is 1. The number of carbonyl (C=O) groups is 1. The molecule has 0 aliphatic carbocycles. The number of carbonyl (C=O) groups excluding carboxylic acids is 1. The lowest BCUT2D eigenvalue weighted by Crippen LogP contribution is -2.33. The van der Waals surface area contributed by atoms with Gasteiger partial charge in [-0.2, -0.15) is 5.26 Å². The first kappa shape index (κ1) is 30.0. The normalized spacial score (nSPS) is 14.0. The molecule has 0 saturated carbocycles. The number of nitriles is 1. The topological polar surface area (TPSA) is 111 Å². The molecule has 1 saturated heterocycles. The van der Waals surface area contributed by atoms with Crippen molar-refractivity contribution >= 4 is 17.0 Å². The number of hydrogen-bond donors (Lipinski definition) is 0. The van der Waals surface area contributed by atoms with Gasteiger partial charge in [-0.1, -0.05) is 12.1 Å². The maximum atomic E-state index is 14.3. The second-order valence-electron chi connectivity index (χ2n) is 11.1. The molecule has 1 aliphatic heterocycles. The summed E-state index contributed by atoms with van der Waals surface area (Å²) in [4.78, 5) is 28.8. The highest BCUT2D eigenvalue weighted by molar-refractivity contribution is 5.93. The van der Waals surface area contributed by atoms with Crippen LogP contribution in [-0.2, 0) is 31.0 Å². The zero-order chi connectivity index (χ0) is 31.3. The summed E-state index contributed by atoms with van der Waals surface area (Å²) < 4.78 is 29.4. The van der Waals surface area contributed by atoms with Crippen molar-refractivity contribution in [2.75, 3.05) is 20.2 Å². The number of aromatic nitrogens is 5. The molecule has 230 valence electrons. The van der Waals surface area contributed by atoms with Crippen LogP contribution in [0.3, 0.4) is 0 Å². The van der Waals surface area contributed by atoms with Gasteiger partial charge in [0.15, 0.2) is 0 Å². The molecule has 1 fully saturated rings. The van der Waals surface area contributed by atoms with E-state index in [1.165, 1.54) is 13.2 Å². The molecule has 3 aromatic heterocycles. The number of esters is 1. The number of nitrogens with zero attached hydrogens (tertiary/aromatic N) is 7. The fraction of sp³-hybridized carbons (Fsp3) is 0.324. The molecule has 11 heteroatoms. The summed E-state index contributed by atoms with van der Waals surface area (Å²) in [7, 11) is 1.38. The van der Waals surface area contributed by atoms with E-state index in [0.29, 0.717) is 30.1 Å². The standard InChI is InChI=1S/C34H34FN7O3/c1-3-41-22-37-18-27(41)19-42-31-16-25(34(43)44-2)9-10-30(31)38-32(42)20-40-13-11-24(12-14-40)29-5-4-6-33(39-29)45-21-26-8-7-23(17-36)15-28(26)35/h4-10,15-16,18,22,24H,3,11-14,19-21H2,1-2H3. The van der Waals surface area contributed by atoms with Crippen LogP contribution in [0.5, 0.6) is 5.88 Å². The Morgan fingerprint density at radius 3 is 2.69 bits per heavy atom. The van der Waals surface area contributed by atoms with Crippen molar-refractivity contribution < 1.29 is 18.7 Å². The van der Waals surface area contributed by atoms with Crippen LogP contribution >= 0.6 is 0 Å². The summed E-state index contributed by atoms with van der Waals surface area (Å²) in [6.07, 6.45) is 5.56. The Kier molecular flexibility index (Phi) is 8.84. The number of hydrogen-bond acceptors (Lipinski definition) is 8. The largest absolute Gasteiger partial charge is 0.473 e. The molecule has 5 aromatic rings. The Bertz CT molecular complexity index is 1870. The first-order valence-corrected chi connectivity index (χ1v) is 15.0. The quantitative estimate of drug-likeness (QED) is 0.193. The predicted molar refractivity (Wildman–Crippen MR) is 165 cm³/mol. The maximum absolute atomic E-state index is 14.3. The second kappa shape index (κ2) is 13.3. The third-order valence-corrected chi connectivity index (χ3v) is 8.38. The summed E-state index contributed by atoms with van der Waals surface area (Å²) >= 11 is 0. The number of imidazole rings is 2. The van der Waals surface area contributed by atoms with Crippen LogP contribution in [0.15, 0.2) is 67.1 Å². The molecular formula is C34H34FN7O3.